The molecule has 0 aliphatic carbocycles. The zero-order valence-corrected chi connectivity index (χ0v) is 12.1. The summed E-state index contributed by atoms with van der Waals surface area (Å²) in [5.41, 5.74) is 0. The Balaban J connectivity index is 3.30. The molecule has 17 heavy (non-hydrogen) atoms. The number of aromatic nitrogens is 3. The van der Waals surface area contributed by atoms with Crippen molar-refractivity contribution in [3.63, 3.8) is 0 Å². The van der Waals surface area contributed by atoms with Gasteiger partial charge in [0, 0.05) is 22.6 Å². The smallest absolute Gasteiger partial charge is 0.296 e. The van der Waals surface area contributed by atoms with Crippen molar-refractivity contribution >= 4 is 19.7 Å². The van der Waals surface area contributed by atoms with E-state index in [-0.39, 0.29) is 17.1 Å². The first-order chi connectivity index (χ1) is 7.79. The van der Waals surface area contributed by atoms with Crippen molar-refractivity contribution in [3.8, 4) is 0 Å². The predicted molar refractivity (Wildman–Crippen MR) is 66.8 cm³/mol. The Morgan fingerprint density at radius 2 is 1.88 bits per heavy atom. The van der Waals surface area contributed by atoms with Gasteiger partial charge in [0.2, 0.25) is 0 Å². The van der Waals surface area contributed by atoms with E-state index in [0.29, 0.717) is 5.82 Å². The molecule has 0 fully saturated rings. The molecule has 0 aromatic carbocycles. The van der Waals surface area contributed by atoms with Crippen LogP contribution in [0.4, 0.5) is 0 Å². The highest BCUT2D eigenvalue weighted by Gasteiger charge is 2.26. The zero-order chi connectivity index (χ0) is 13.2. The molecule has 0 bridgehead atoms. The lowest BCUT2D eigenvalue weighted by Gasteiger charge is -2.16. The lowest BCUT2D eigenvalue weighted by atomic mass is 10.1. The van der Waals surface area contributed by atoms with Gasteiger partial charge in [-0.2, -0.15) is 0 Å². The van der Waals surface area contributed by atoms with Crippen LogP contribution < -0.4 is 0 Å². The Hall–Kier alpha value is -0.620. The van der Waals surface area contributed by atoms with E-state index in [1.54, 1.807) is 4.57 Å². The van der Waals surface area contributed by atoms with Crippen molar-refractivity contribution < 1.29 is 8.42 Å². The van der Waals surface area contributed by atoms with Gasteiger partial charge in [-0.05, 0) is 20.3 Å². The fourth-order valence-corrected chi connectivity index (χ4v) is 2.83. The summed E-state index contributed by atoms with van der Waals surface area (Å²) in [7, 11) is 1.51. The van der Waals surface area contributed by atoms with E-state index >= 15 is 0 Å². The fourth-order valence-electron chi connectivity index (χ4n) is 1.84. The van der Waals surface area contributed by atoms with Crippen molar-refractivity contribution in [2.75, 3.05) is 0 Å². The maximum atomic E-state index is 11.4. The van der Waals surface area contributed by atoms with Gasteiger partial charge in [-0.3, -0.25) is 4.57 Å². The van der Waals surface area contributed by atoms with Crippen molar-refractivity contribution in [1.29, 1.82) is 0 Å². The van der Waals surface area contributed by atoms with Crippen LogP contribution in [0.5, 0.6) is 0 Å². The molecule has 5 nitrogen and oxygen atoms in total. The molecule has 1 aromatic heterocycles. The molecule has 0 N–H and O–H groups in total. The number of halogens is 1. The second-order valence-electron chi connectivity index (χ2n) is 4.43. The second kappa shape index (κ2) is 5.35. The molecular weight excluding hydrogens is 262 g/mol. The minimum atomic E-state index is -3.84. The van der Waals surface area contributed by atoms with Gasteiger partial charge in [0.25, 0.3) is 14.2 Å². The van der Waals surface area contributed by atoms with E-state index in [9.17, 15) is 8.42 Å². The van der Waals surface area contributed by atoms with Crippen LogP contribution in [0.2, 0.25) is 0 Å². The Bertz CT molecular complexity index is 482. The van der Waals surface area contributed by atoms with Crippen molar-refractivity contribution in [3.05, 3.63) is 5.82 Å². The minimum absolute atomic E-state index is 0.0390. The monoisotopic (exact) mass is 279 g/mol. The van der Waals surface area contributed by atoms with E-state index < -0.39 is 9.05 Å². The molecule has 7 heteroatoms. The van der Waals surface area contributed by atoms with Gasteiger partial charge in [-0.15, -0.1) is 10.2 Å². The van der Waals surface area contributed by atoms with Gasteiger partial charge in [0.15, 0.2) is 0 Å². The summed E-state index contributed by atoms with van der Waals surface area (Å²) in [5, 5.41) is 7.52. The third kappa shape index (κ3) is 3.19. The van der Waals surface area contributed by atoms with Crippen molar-refractivity contribution in [2.45, 2.75) is 57.7 Å². The largest absolute Gasteiger partial charge is 0.298 e. The van der Waals surface area contributed by atoms with Gasteiger partial charge >= 0.3 is 0 Å². The summed E-state index contributed by atoms with van der Waals surface area (Å²) < 4.78 is 24.4. The van der Waals surface area contributed by atoms with E-state index in [0.717, 1.165) is 12.8 Å². The molecule has 0 saturated carbocycles. The summed E-state index contributed by atoms with van der Waals surface area (Å²) >= 11 is 0. The van der Waals surface area contributed by atoms with E-state index in [1.807, 2.05) is 20.8 Å². The molecule has 98 valence electrons. The molecule has 0 saturated heterocycles. The average Bonchev–Trinajstić information content (AvgIpc) is 2.61. The summed E-state index contributed by atoms with van der Waals surface area (Å²) in [6.45, 7) is 7.86. The SMILES string of the molecule is CCCC(C)c1nnc(S(=O)(=O)Cl)n1C(C)C. The van der Waals surface area contributed by atoms with Crippen LogP contribution in [0.3, 0.4) is 0 Å². The Kier molecular flexibility index (Phi) is 4.55. The van der Waals surface area contributed by atoms with Crippen LogP contribution in [0.15, 0.2) is 5.16 Å². The van der Waals surface area contributed by atoms with Crippen molar-refractivity contribution in [2.24, 2.45) is 0 Å². The van der Waals surface area contributed by atoms with Gasteiger partial charge < -0.3 is 0 Å². The van der Waals surface area contributed by atoms with Crippen LogP contribution in [0, 0.1) is 0 Å². The van der Waals surface area contributed by atoms with Crippen molar-refractivity contribution in [1.82, 2.24) is 14.8 Å². The summed E-state index contributed by atoms with van der Waals surface area (Å²) in [4.78, 5) is 0. The minimum Gasteiger partial charge on any atom is -0.298 e. The Labute approximate surface area is 107 Å². The summed E-state index contributed by atoms with van der Waals surface area (Å²) in [5.74, 6) is 0.850. The molecule has 1 atom stereocenters. The van der Waals surface area contributed by atoms with Gasteiger partial charge in [-0.1, -0.05) is 20.3 Å². The van der Waals surface area contributed by atoms with Gasteiger partial charge in [0.1, 0.15) is 5.82 Å². The highest BCUT2D eigenvalue weighted by molar-refractivity contribution is 8.13. The molecule has 1 rings (SSSR count). The van der Waals surface area contributed by atoms with E-state index in [1.165, 1.54) is 0 Å². The molecule has 1 heterocycles. The normalized spacial score (nSPS) is 14.2. The zero-order valence-electron chi connectivity index (χ0n) is 10.5. The first kappa shape index (κ1) is 14.4. The molecular formula is C10H18ClN3O2S. The molecule has 0 aliphatic heterocycles. The van der Waals surface area contributed by atoms with Gasteiger partial charge in [0.05, 0.1) is 0 Å². The predicted octanol–water partition coefficient (Wildman–Crippen LogP) is 2.69. The molecule has 0 amide bonds. The quantitative estimate of drug-likeness (QED) is 0.777. The topological polar surface area (TPSA) is 64.8 Å². The number of rotatable bonds is 5. The lowest BCUT2D eigenvalue weighted by Crippen LogP contribution is -2.13. The third-order valence-electron chi connectivity index (χ3n) is 2.59. The Morgan fingerprint density at radius 3 is 2.29 bits per heavy atom. The lowest BCUT2D eigenvalue weighted by molar-refractivity contribution is 0.482. The molecule has 1 aromatic rings. The standard InChI is InChI=1S/C10H18ClN3O2S/c1-5-6-8(4)9-12-13-10(17(11,15)16)14(9)7(2)3/h7-8H,5-6H2,1-4H3. The number of nitrogens with zero attached hydrogens (tertiary/aromatic N) is 3. The molecule has 0 spiro atoms. The number of hydrogen-bond acceptors (Lipinski definition) is 4. The van der Waals surface area contributed by atoms with Gasteiger partial charge in [-0.25, -0.2) is 8.42 Å². The maximum Gasteiger partial charge on any atom is 0.296 e. The molecule has 1 unspecified atom stereocenters. The highest BCUT2D eigenvalue weighted by atomic mass is 35.7. The highest BCUT2D eigenvalue weighted by Crippen LogP contribution is 2.26. The van der Waals surface area contributed by atoms with Crippen LogP contribution >= 0.6 is 10.7 Å². The van der Waals surface area contributed by atoms with Crippen LogP contribution in [-0.4, -0.2) is 23.2 Å². The maximum absolute atomic E-state index is 11.4. The van der Waals surface area contributed by atoms with Crippen LogP contribution in [0.25, 0.3) is 0 Å². The Morgan fingerprint density at radius 1 is 1.29 bits per heavy atom. The summed E-state index contributed by atoms with van der Waals surface area (Å²) in [6, 6.07) is -0.0390. The summed E-state index contributed by atoms with van der Waals surface area (Å²) in [6.07, 6.45) is 1.95. The third-order valence-corrected chi connectivity index (χ3v) is 3.72. The van der Waals surface area contributed by atoms with E-state index in [2.05, 4.69) is 17.1 Å². The number of hydrogen-bond donors (Lipinski definition) is 0. The molecule has 0 radical (unpaired) electrons. The molecule has 0 aliphatic rings. The first-order valence-corrected chi connectivity index (χ1v) is 7.99. The van der Waals surface area contributed by atoms with E-state index in [4.69, 9.17) is 10.7 Å². The fraction of sp³-hybridized carbons (Fsp3) is 0.800. The second-order valence-corrected chi connectivity index (χ2v) is 6.89. The average molecular weight is 280 g/mol. The van der Waals surface area contributed by atoms with Crippen LogP contribution in [-0.2, 0) is 9.05 Å². The first-order valence-electron chi connectivity index (χ1n) is 5.68. The van der Waals surface area contributed by atoms with Crippen LogP contribution in [0.1, 0.15) is 58.3 Å².